The van der Waals surface area contributed by atoms with Crippen LogP contribution in [0.15, 0.2) is 0 Å². The fraction of sp³-hybridized carbons (Fsp3) is 0.933. The molecule has 0 aromatic rings. The molecule has 0 N–H and O–H groups in total. The second kappa shape index (κ2) is 7.04. The van der Waals surface area contributed by atoms with Crippen molar-refractivity contribution < 1.29 is 22.7 Å². The molecule has 132 valence electrons. The topological polar surface area (TPSA) is 76.2 Å². The normalized spacial score (nSPS) is 32.2. The molecule has 0 aliphatic carbocycles. The van der Waals surface area contributed by atoms with Crippen LogP contribution in [0.25, 0.3) is 0 Å². The first-order valence-corrected chi connectivity index (χ1v) is 10.1. The monoisotopic (exact) mass is 346 g/mol. The van der Waals surface area contributed by atoms with Crippen LogP contribution in [0.2, 0.25) is 0 Å². The second-order valence-corrected chi connectivity index (χ2v) is 8.65. The highest BCUT2D eigenvalue weighted by molar-refractivity contribution is 7.89. The lowest BCUT2D eigenvalue weighted by Gasteiger charge is -2.33. The molecule has 0 saturated carbocycles. The maximum atomic E-state index is 12.7. The number of carbonyl (C=O) groups excluding carboxylic acids is 1. The third kappa shape index (κ3) is 3.70. The molecule has 3 heterocycles. The molecule has 3 atom stereocenters. The SMILES string of the molecule is CCCCS(=O)(=O)N1C[C@H]2C[C@H](C(=O)N3CCOCC3)[C@@H](C1)O2. The number of rotatable bonds is 5. The van der Waals surface area contributed by atoms with Crippen LogP contribution in [-0.2, 0) is 24.3 Å². The zero-order valence-corrected chi connectivity index (χ0v) is 14.5. The molecule has 3 fully saturated rings. The molecule has 23 heavy (non-hydrogen) atoms. The summed E-state index contributed by atoms with van der Waals surface area (Å²) in [6.07, 6.45) is 1.70. The maximum absolute atomic E-state index is 12.7. The minimum absolute atomic E-state index is 0.0913. The Morgan fingerprint density at radius 3 is 2.65 bits per heavy atom. The standard InChI is InChI=1S/C15H26N2O5S/c1-2-3-8-23(19,20)17-10-12-9-13(14(11-17)22-12)15(18)16-4-6-21-7-5-16/h12-14H,2-11H2,1H3/t12-,13+,14-/m1/s1. The molecule has 0 spiro atoms. The number of amides is 1. The van der Waals surface area contributed by atoms with Gasteiger partial charge in [0.2, 0.25) is 15.9 Å². The van der Waals surface area contributed by atoms with E-state index >= 15 is 0 Å². The lowest BCUT2D eigenvalue weighted by Crippen LogP contribution is -2.50. The van der Waals surface area contributed by atoms with E-state index in [4.69, 9.17) is 9.47 Å². The van der Waals surface area contributed by atoms with Crippen molar-refractivity contribution in [2.75, 3.05) is 45.1 Å². The van der Waals surface area contributed by atoms with E-state index in [-0.39, 0.29) is 29.8 Å². The number of ether oxygens (including phenoxy) is 2. The van der Waals surface area contributed by atoms with Crippen molar-refractivity contribution >= 4 is 15.9 Å². The second-order valence-electron chi connectivity index (χ2n) is 6.56. The molecule has 0 unspecified atom stereocenters. The Hall–Kier alpha value is -0.700. The van der Waals surface area contributed by atoms with Crippen molar-refractivity contribution in [3.8, 4) is 0 Å². The Morgan fingerprint density at radius 2 is 1.96 bits per heavy atom. The molecule has 3 rings (SSSR count). The minimum Gasteiger partial charge on any atom is -0.378 e. The summed E-state index contributed by atoms with van der Waals surface area (Å²) in [5.41, 5.74) is 0. The summed E-state index contributed by atoms with van der Waals surface area (Å²) in [7, 11) is -3.24. The van der Waals surface area contributed by atoms with Gasteiger partial charge in [0.15, 0.2) is 0 Å². The maximum Gasteiger partial charge on any atom is 0.228 e. The van der Waals surface area contributed by atoms with E-state index in [1.807, 2.05) is 11.8 Å². The highest BCUT2D eigenvalue weighted by Crippen LogP contribution is 2.34. The summed E-state index contributed by atoms with van der Waals surface area (Å²) in [5, 5.41) is 0. The molecule has 7 nitrogen and oxygen atoms in total. The van der Waals surface area contributed by atoms with Crippen LogP contribution in [0.3, 0.4) is 0 Å². The quantitative estimate of drug-likeness (QED) is 0.704. The molecule has 8 heteroatoms. The molecule has 0 aromatic heterocycles. The van der Waals surface area contributed by atoms with Gasteiger partial charge in [0.1, 0.15) is 0 Å². The van der Waals surface area contributed by atoms with Gasteiger partial charge < -0.3 is 14.4 Å². The van der Waals surface area contributed by atoms with Crippen molar-refractivity contribution in [2.45, 2.75) is 38.4 Å². The first-order chi connectivity index (χ1) is 11.0. The van der Waals surface area contributed by atoms with E-state index in [2.05, 4.69) is 0 Å². The van der Waals surface area contributed by atoms with Crippen LogP contribution in [0, 0.1) is 5.92 Å². The Labute approximate surface area is 138 Å². The predicted octanol–water partition coefficient (Wildman–Crippen LogP) is 0.0644. The van der Waals surface area contributed by atoms with Crippen LogP contribution in [0.5, 0.6) is 0 Å². The van der Waals surface area contributed by atoms with Crippen LogP contribution in [-0.4, -0.2) is 80.9 Å². The summed E-state index contributed by atoms with van der Waals surface area (Å²) < 4.78 is 37.5. The highest BCUT2D eigenvalue weighted by atomic mass is 32.2. The van der Waals surface area contributed by atoms with Crippen molar-refractivity contribution in [1.82, 2.24) is 9.21 Å². The molecular formula is C15H26N2O5S. The fourth-order valence-electron chi connectivity index (χ4n) is 3.58. The number of nitrogens with zero attached hydrogens (tertiary/aromatic N) is 2. The molecule has 3 aliphatic heterocycles. The van der Waals surface area contributed by atoms with Gasteiger partial charge in [-0.1, -0.05) is 13.3 Å². The Morgan fingerprint density at radius 1 is 1.22 bits per heavy atom. The number of hydrogen-bond donors (Lipinski definition) is 0. The number of morpholine rings is 2. The molecule has 3 aliphatic rings. The van der Waals surface area contributed by atoms with Crippen LogP contribution in [0.4, 0.5) is 0 Å². The van der Waals surface area contributed by atoms with Crippen molar-refractivity contribution in [1.29, 1.82) is 0 Å². The molecule has 0 radical (unpaired) electrons. The molecule has 1 amide bonds. The molecular weight excluding hydrogens is 320 g/mol. The van der Waals surface area contributed by atoms with Crippen LogP contribution >= 0.6 is 0 Å². The lowest BCUT2D eigenvalue weighted by molar-refractivity contribution is -0.142. The largest absolute Gasteiger partial charge is 0.378 e. The van der Waals surface area contributed by atoms with Gasteiger partial charge in [0, 0.05) is 26.2 Å². The van der Waals surface area contributed by atoms with E-state index < -0.39 is 10.0 Å². The van der Waals surface area contributed by atoms with Gasteiger partial charge in [-0.3, -0.25) is 4.79 Å². The van der Waals surface area contributed by atoms with Crippen LogP contribution < -0.4 is 0 Å². The lowest BCUT2D eigenvalue weighted by atomic mass is 9.98. The first-order valence-electron chi connectivity index (χ1n) is 8.51. The summed E-state index contributed by atoms with van der Waals surface area (Å²) >= 11 is 0. The highest BCUT2D eigenvalue weighted by Gasteiger charge is 2.48. The first kappa shape index (κ1) is 17.1. The van der Waals surface area contributed by atoms with E-state index in [9.17, 15) is 13.2 Å². The zero-order chi connectivity index (χ0) is 16.4. The van der Waals surface area contributed by atoms with Gasteiger partial charge in [-0.15, -0.1) is 0 Å². The third-order valence-electron chi connectivity index (χ3n) is 4.91. The summed E-state index contributed by atoms with van der Waals surface area (Å²) in [5.74, 6) is 0.0588. The zero-order valence-electron chi connectivity index (χ0n) is 13.6. The number of unbranched alkanes of at least 4 members (excludes halogenated alkanes) is 1. The van der Waals surface area contributed by atoms with Gasteiger partial charge in [0.05, 0.1) is 37.1 Å². The van der Waals surface area contributed by atoms with Crippen LogP contribution in [0.1, 0.15) is 26.2 Å². The van der Waals surface area contributed by atoms with Gasteiger partial charge in [-0.25, -0.2) is 8.42 Å². The molecule has 3 saturated heterocycles. The average molecular weight is 346 g/mol. The van der Waals surface area contributed by atoms with Crippen molar-refractivity contribution in [3.63, 3.8) is 0 Å². The number of sulfonamides is 1. The van der Waals surface area contributed by atoms with Crippen molar-refractivity contribution in [3.05, 3.63) is 0 Å². The van der Waals surface area contributed by atoms with Gasteiger partial charge in [-0.05, 0) is 12.8 Å². The molecule has 0 aromatic carbocycles. The Kier molecular flexibility index (Phi) is 5.25. The van der Waals surface area contributed by atoms with E-state index in [1.54, 1.807) is 0 Å². The number of hydrogen-bond acceptors (Lipinski definition) is 5. The van der Waals surface area contributed by atoms with Gasteiger partial charge in [-0.2, -0.15) is 4.31 Å². The average Bonchev–Trinajstić information content (AvgIpc) is 2.87. The van der Waals surface area contributed by atoms with E-state index in [0.29, 0.717) is 52.2 Å². The Bertz CT molecular complexity index is 532. The third-order valence-corrected chi connectivity index (χ3v) is 6.80. The van der Waals surface area contributed by atoms with E-state index in [1.165, 1.54) is 4.31 Å². The summed E-state index contributed by atoms with van der Waals surface area (Å²) in [6.45, 7) is 5.06. The van der Waals surface area contributed by atoms with Gasteiger partial charge >= 0.3 is 0 Å². The fourth-order valence-corrected chi connectivity index (χ4v) is 5.26. The van der Waals surface area contributed by atoms with Crippen molar-refractivity contribution in [2.24, 2.45) is 5.92 Å². The summed E-state index contributed by atoms with van der Waals surface area (Å²) in [4.78, 5) is 14.5. The number of fused-ring (bicyclic) bond motifs is 2. The number of carbonyl (C=O) groups is 1. The summed E-state index contributed by atoms with van der Waals surface area (Å²) in [6, 6.07) is 0. The predicted molar refractivity (Wildman–Crippen MR) is 84.4 cm³/mol. The Balaban J connectivity index is 1.64. The molecule has 2 bridgehead atoms. The van der Waals surface area contributed by atoms with E-state index in [0.717, 1.165) is 6.42 Å². The minimum atomic E-state index is -3.24. The van der Waals surface area contributed by atoms with Gasteiger partial charge in [0.25, 0.3) is 0 Å². The smallest absolute Gasteiger partial charge is 0.228 e.